The number of benzene rings is 1. The molecule has 0 bridgehead atoms. The van der Waals surface area contributed by atoms with Crippen LogP contribution < -0.4 is 10.9 Å². The fourth-order valence-electron chi connectivity index (χ4n) is 2.54. The van der Waals surface area contributed by atoms with E-state index in [2.05, 4.69) is 15.3 Å². The number of H-pyrrole nitrogens is 1. The molecule has 6 nitrogen and oxygen atoms in total. The molecule has 9 heteroatoms. The van der Waals surface area contributed by atoms with Gasteiger partial charge in [0, 0.05) is 12.0 Å². The highest BCUT2D eigenvalue weighted by molar-refractivity contribution is 6.05. The van der Waals surface area contributed by atoms with Crippen LogP contribution in [0.15, 0.2) is 29.1 Å². The Morgan fingerprint density at radius 2 is 1.89 bits per heavy atom. The summed E-state index contributed by atoms with van der Waals surface area (Å²) in [6, 6.07) is 4.10. The van der Waals surface area contributed by atoms with Crippen molar-refractivity contribution in [1.82, 2.24) is 9.97 Å². The Morgan fingerprint density at radius 3 is 2.41 bits per heavy atom. The lowest BCUT2D eigenvalue weighted by Crippen LogP contribution is -2.29. The van der Waals surface area contributed by atoms with Gasteiger partial charge in [-0.1, -0.05) is 19.1 Å². The van der Waals surface area contributed by atoms with Gasteiger partial charge in [0.05, 0.1) is 17.9 Å². The third-order valence-electron chi connectivity index (χ3n) is 4.13. The van der Waals surface area contributed by atoms with Crippen LogP contribution in [0.25, 0.3) is 0 Å². The summed E-state index contributed by atoms with van der Waals surface area (Å²) >= 11 is 0. The molecule has 1 heterocycles. The zero-order chi connectivity index (χ0) is 20.4. The van der Waals surface area contributed by atoms with E-state index in [0.717, 1.165) is 12.1 Å². The van der Waals surface area contributed by atoms with Crippen molar-refractivity contribution in [3.05, 3.63) is 57.3 Å². The van der Waals surface area contributed by atoms with Gasteiger partial charge >= 0.3 is 6.18 Å². The summed E-state index contributed by atoms with van der Waals surface area (Å²) < 4.78 is 38.2. The maximum absolute atomic E-state index is 12.7. The highest BCUT2D eigenvalue weighted by Crippen LogP contribution is 2.31. The van der Waals surface area contributed by atoms with E-state index in [1.165, 1.54) is 12.1 Å². The number of aromatic nitrogens is 2. The molecule has 0 fully saturated rings. The summed E-state index contributed by atoms with van der Waals surface area (Å²) in [5, 5.41) is 20.5. The number of rotatable bonds is 6. The van der Waals surface area contributed by atoms with Crippen LogP contribution in [0.4, 0.5) is 18.9 Å². The molecule has 2 unspecified atom stereocenters. The lowest BCUT2D eigenvalue weighted by molar-refractivity contribution is -0.137. The van der Waals surface area contributed by atoms with E-state index in [1.54, 1.807) is 20.8 Å². The molecule has 0 saturated heterocycles. The summed E-state index contributed by atoms with van der Waals surface area (Å²) in [6.45, 7) is 4.66. The normalized spacial score (nSPS) is 13.9. The largest absolute Gasteiger partial charge is 0.416 e. The van der Waals surface area contributed by atoms with Crippen LogP contribution in [0.2, 0.25) is 0 Å². The van der Waals surface area contributed by atoms with Crippen LogP contribution in [0.5, 0.6) is 0 Å². The van der Waals surface area contributed by atoms with Crippen molar-refractivity contribution in [2.45, 2.75) is 38.9 Å². The minimum Gasteiger partial charge on any atom is -0.394 e. The Bertz CT molecular complexity index is 876. The number of hydrogen-bond donors (Lipinski definition) is 4. The molecular formula is C18H21F3N4O2. The van der Waals surface area contributed by atoms with Crippen LogP contribution in [-0.2, 0) is 6.18 Å². The number of hydrogen-bond acceptors (Lipinski definition) is 5. The summed E-state index contributed by atoms with van der Waals surface area (Å²) in [6.07, 6.45) is -4.43. The van der Waals surface area contributed by atoms with Gasteiger partial charge < -0.3 is 20.8 Å². The van der Waals surface area contributed by atoms with Crippen LogP contribution in [0, 0.1) is 12.3 Å². The fourth-order valence-corrected chi connectivity index (χ4v) is 2.54. The molecule has 0 spiro atoms. The summed E-state index contributed by atoms with van der Waals surface area (Å²) in [5.41, 5.74) is -0.628. The van der Waals surface area contributed by atoms with Crippen molar-refractivity contribution in [3.63, 3.8) is 0 Å². The average Bonchev–Trinajstić information content (AvgIpc) is 2.61. The van der Waals surface area contributed by atoms with Gasteiger partial charge in [-0.3, -0.25) is 4.79 Å². The molecule has 146 valence electrons. The Morgan fingerprint density at radius 1 is 1.30 bits per heavy atom. The molecule has 1 aromatic carbocycles. The third-order valence-corrected chi connectivity index (χ3v) is 4.13. The molecule has 0 aliphatic heterocycles. The van der Waals surface area contributed by atoms with Gasteiger partial charge in [0.2, 0.25) is 0 Å². The highest BCUT2D eigenvalue weighted by Gasteiger charge is 2.30. The average molecular weight is 382 g/mol. The maximum Gasteiger partial charge on any atom is 0.416 e. The predicted octanol–water partition coefficient (Wildman–Crippen LogP) is 3.06. The van der Waals surface area contributed by atoms with Gasteiger partial charge in [0.1, 0.15) is 17.2 Å². The van der Waals surface area contributed by atoms with Crippen molar-refractivity contribution >= 4 is 11.4 Å². The minimum atomic E-state index is -4.43. The molecule has 1 aromatic heterocycles. The van der Waals surface area contributed by atoms with Crippen molar-refractivity contribution in [2.24, 2.45) is 0 Å². The van der Waals surface area contributed by atoms with Crippen molar-refractivity contribution in [1.29, 1.82) is 5.41 Å². The van der Waals surface area contributed by atoms with Gasteiger partial charge in [-0.05, 0) is 31.5 Å². The molecule has 2 atom stereocenters. The zero-order valence-corrected chi connectivity index (χ0v) is 15.1. The van der Waals surface area contributed by atoms with Gasteiger partial charge in [0.25, 0.3) is 5.56 Å². The Kier molecular flexibility index (Phi) is 6.04. The van der Waals surface area contributed by atoms with Crippen LogP contribution in [-0.4, -0.2) is 33.4 Å². The van der Waals surface area contributed by atoms with Crippen LogP contribution in [0.3, 0.4) is 0 Å². The topological polar surface area (TPSA) is 102 Å². The summed E-state index contributed by atoms with van der Waals surface area (Å²) in [7, 11) is 0. The molecule has 2 rings (SSSR count). The molecule has 0 aliphatic carbocycles. The second-order valence-corrected chi connectivity index (χ2v) is 6.36. The molecule has 0 radical (unpaired) electrons. The first kappa shape index (κ1) is 20.6. The number of aliphatic hydroxyl groups excluding tert-OH is 1. The van der Waals surface area contributed by atoms with Gasteiger partial charge in [-0.15, -0.1) is 0 Å². The van der Waals surface area contributed by atoms with Crippen molar-refractivity contribution < 1.29 is 18.3 Å². The van der Waals surface area contributed by atoms with E-state index in [1.807, 2.05) is 0 Å². The predicted molar refractivity (Wildman–Crippen MR) is 96.5 cm³/mol. The minimum absolute atomic E-state index is 0.0170. The van der Waals surface area contributed by atoms with Crippen LogP contribution in [0.1, 0.15) is 42.4 Å². The van der Waals surface area contributed by atoms with E-state index >= 15 is 0 Å². The second kappa shape index (κ2) is 7.91. The smallest absolute Gasteiger partial charge is 0.394 e. The standard InChI is InChI=1S/C18H21F3N4O2/c1-9(8-26)23-16-15(24-11(3)25-17(16)27)14(22)10(2)12-4-6-13(7-5-12)18(19,20)21/h4-7,9-10,22-23,26H,8H2,1-3H3,(H,24,25,27). The lowest BCUT2D eigenvalue weighted by atomic mass is 9.92. The SMILES string of the molecule is Cc1nc(C(=N)C(C)c2ccc(C(F)(F)F)cc2)c(NC(C)CO)c(=O)[nH]1. The highest BCUT2D eigenvalue weighted by atomic mass is 19.4. The van der Waals surface area contributed by atoms with E-state index in [0.29, 0.717) is 11.4 Å². The number of aryl methyl sites for hydroxylation is 1. The van der Waals surface area contributed by atoms with Crippen molar-refractivity contribution in [3.8, 4) is 0 Å². The number of aliphatic hydroxyl groups is 1. The molecule has 0 amide bonds. The number of alkyl halides is 3. The molecule has 27 heavy (non-hydrogen) atoms. The van der Waals surface area contributed by atoms with Gasteiger partial charge in [0.15, 0.2) is 0 Å². The van der Waals surface area contributed by atoms with Gasteiger partial charge in [-0.2, -0.15) is 13.2 Å². The Balaban J connectivity index is 2.40. The Labute approximate surface area is 154 Å². The first-order valence-corrected chi connectivity index (χ1v) is 8.28. The first-order chi connectivity index (χ1) is 12.5. The van der Waals surface area contributed by atoms with E-state index in [9.17, 15) is 23.1 Å². The Hall–Kier alpha value is -2.68. The van der Waals surface area contributed by atoms with E-state index < -0.39 is 29.3 Å². The van der Waals surface area contributed by atoms with Gasteiger partial charge in [-0.25, -0.2) is 4.98 Å². The maximum atomic E-state index is 12.7. The quantitative estimate of drug-likeness (QED) is 0.577. The summed E-state index contributed by atoms with van der Waals surface area (Å²) in [5.74, 6) is -0.285. The second-order valence-electron chi connectivity index (χ2n) is 6.36. The zero-order valence-electron chi connectivity index (χ0n) is 15.1. The van der Waals surface area contributed by atoms with Crippen LogP contribution >= 0.6 is 0 Å². The molecule has 4 N–H and O–H groups in total. The molecular weight excluding hydrogens is 361 g/mol. The summed E-state index contributed by atoms with van der Waals surface area (Å²) in [4.78, 5) is 19.0. The third kappa shape index (κ3) is 4.73. The number of aromatic amines is 1. The number of anilines is 1. The van der Waals surface area contributed by atoms with E-state index in [-0.39, 0.29) is 23.7 Å². The lowest BCUT2D eigenvalue weighted by Gasteiger charge is -2.19. The number of nitrogens with one attached hydrogen (secondary N) is 3. The van der Waals surface area contributed by atoms with Crippen molar-refractivity contribution in [2.75, 3.05) is 11.9 Å². The number of halogens is 3. The number of nitrogens with zero attached hydrogens (tertiary/aromatic N) is 1. The van der Waals surface area contributed by atoms with E-state index in [4.69, 9.17) is 5.41 Å². The molecule has 0 aliphatic rings. The monoisotopic (exact) mass is 382 g/mol. The molecule has 0 saturated carbocycles. The first-order valence-electron chi connectivity index (χ1n) is 8.28. The molecule has 2 aromatic rings. The fraction of sp³-hybridized carbons (Fsp3) is 0.389.